The van der Waals surface area contributed by atoms with Gasteiger partial charge in [0.1, 0.15) is 0 Å². The van der Waals surface area contributed by atoms with Crippen LogP contribution in [0.15, 0.2) is 26.8 Å². The Morgan fingerprint density at radius 1 is 0.538 bits per heavy atom. The van der Waals surface area contributed by atoms with Gasteiger partial charge < -0.3 is 9.47 Å². The monoisotopic (exact) mass is 817 g/mol. The van der Waals surface area contributed by atoms with Crippen LogP contribution in [-0.2, 0) is 0 Å². The smallest absolute Gasteiger partial charge is 0.238 e. The predicted octanol–water partition coefficient (Wildman–Crippen LogP) is 10.7. The van der Waals surface area contributed by atoms with Crippen LogP contribution in [0.5, 0.6) is 11.5 Å². The molecule has 0 aliphatic carbocycles. The second-order valence-corrected chi connectivity index (χ2v) is 10.9. The zero-order valence-electron chi connectivity index (χ0n) is 12.2. The van der Waals surface area contributed by atoms with Gasteiger partial charge in [0.2, 0.25) is 6.29 Å². The molecule has 2 aromatic rings. The van der Waals surface area contributed by atoms with Crippen molar-refractivity contribution >= 4 is 142 Å². The Morgan fingerprint density at radius 2 is 0.846 bits per heavy atom. The second-order valence-electron chi connectivity index (χ2n) is 4.60. The summed E-state index contributed by atoms with van der Waals surface area (Å²) in [6, 6.07) is 0. The minimum absolute atomic E-state index is 0.296. The summed E-state index contributed by atoms with van der Waals surface area (Å²) in [6.07, 6.45) is -0.752. The molecule has 142 valence electrons. The molecule has 0 radical (unpaired) electrons. The van der Waals surface area contributed by atoms with E-state index in [9.17, 15) is 0 Å². The summed E-state index contributed by atoms with van der Waals surface area (Å²) in [4.78, 5) is 0. The maximum absolute atomic E-state index is 6.33. The molecule has 0 aliphatic heterocycles. The molecule has 0 unspecified atom stereocenters. The highest BCUT2D eigenvalue weighted by molar-refractivity contribution is 9.13. The average Bonchev–Trinajstić information content (AvgIpc) is 2.62. The Bertz CT molecular complexity index is 763. The first-order valence-corrected chi connectivity index (χ1v) is 12.6. The van der Waals surface area contributed by atoms with E-state index < -0.39 is 6.29 Å². The molecular formula is C14H4Br6Cl4O2. The van der Waals surface area contributed by atoms with Crippen LogP contribution in [-0.4, -0.2) is 6.29 Å². The molecule has 0 N–H and O–H groups in total. The van der Waals surface area contributed by atoms with E-state index >= 15 is 0 Å². The first-order chi connectivity index (χ1) is 12.0. The lowest BCUT2D eigenvalue weighted by molar-refractivity contribution is 0.0210. The van der Waals surface area contributed by atoms with Gasteiger partial charge in [0.15, 0.2) is 11.5 Å². The van der Waals surface area contributed by atoms with Crippen molar-refractivity contribution in [3.05, 3.63) is 46.9 Å². The molecule has 0 bridgehead atoms. The van der Waals surface area contributed by atoms with E-state index in [1.165, 1.54) is 0 Å². The number of halogens is 10. The SMILES string of the molecule is CC(Oc1c(Cl)c(Br)c(Cl)c(Br)c1Br)Oc1c(Cl)c(Br)c(Cl)c(Br)c1Br. The van der Waals surface area contributed by atoms with Gasteiger partial charge >= 0.3 is 0 Å². The van der Waals surface area contributed by atoms with Crippen LogP contribution >= 0.6 is 142 Å². The molecule has 26 heavy (non-hydrogen) atoms. The molecule has 2 aromatic carbocycles. The van der Waals surface area contributed by atoms with Crippen molar-refractivity contribution < 1.29 is 9.47 Å². The van der Waals surface area contributed by atoms with Crippen molar-refractivity contribution in [2.75, 3.05) is 0 Å². The molecule has 0 atom stereocenters. The maximum Gasteiger partial charge on any atom is 0.238 e. The fourth-order valence-corrected chi connectivity index (χ4v) is 6.16. The maximum atomic E-state index is 6.33. The minimum atomic E-state index is -0.752. The molecule has 0 fully saturated rings. The van der Waals surface area contributed by atoms with Crippen molar-refractivity contribution in [2.45, 2.75) is 13.2 Å². The normalized spacial score (nSPS) is 11.2. The van der Waals surface area contributed by atoms with E-state index in [4.69, 9.17) is 55.9 Å². The molecular weight excluding hydrogens is 821 g/mol. The molecule has 2 nitrogen and oxygen atoms in total. The molecule has 12 heteroatoms. The number of hydrogen-bond donors (Lipinski definition) is 0. The average molecular weight is 825 g/mol. The van der Waals surface area contributed by atoms with Crippen LogP contribution in [0.4, 0.5) is 0 Å². The number of rotatable bonds is 4. The van der Waals surface area contributed by atoms with Gasteiger partial charge in [0, 0.05) is 6.92 Å². The Kier molecular flexibility index (Phi) is 9.29. The van der Waals surface area contributed by atoms with Crippen molar-refractivity contribution in [3.8, 4) is 11.5 Å². The Hall–Kier alpha value is 2.08. The quantitative estimate of drug-likeness (QED) is 0.174. The molecule has 0 saturated heterocycles. The lowest BCUT2D eigenvalue weighted by Gasteiger charge is -2.22. The number of hydrogen-bond acceptors (Lipinski definition) is 2. The van der Waals surface area contributed by atoms with E-state index in [1.54, 1.807) is 6.92 Å². The van der Waals surface area contributed by atoms with Gasteiger partial charge in [-0.05, 0) is 95.6 Å². The van der Waals surface area contributed by atoms with Crippen LogP contribution in [0.25, 0.3) is 0 Å². The Morgan fingerprint density at radius 3 is 1.15 bits per heavy atom. The summed E-state index contributed by atoms with van der Waals surface area (Å²) in [7, 11) is 0. The fourth-order valence-electron chi connectivity index (χ4n) is 1.73. The first-order valence-electron chi connectivity index (χ1n) is 6.35. The third-order valence-electron chi connectivity index (χ3n) is 2.91. The van der Waals surface area contributed by atoms with Crippen molar-refractivity contribution in [2.24, 2.45) is 0 Å². The Balaban J connectivity index is 2.39. The summed E-state index contributed by atoms with van der Waals surface area (Å²) in [5.41, 5.74) is 0. The molecule has 0 aliphatic rings. The molecule has 0 amide bonds. The first kappa shape index (κ1) is 24.4. The topological polar surface area (TPSA) is 18.5 Å². The van der Waals surface area contributed by atoms with E-state index in [2.05, 4.69) is 95.6 Å². The van der Waals surface area contributed by atoms with Crippen molar-refractivity contribution in [1.82, 2.24) is 0 Å². The highest BCUT2D eigenvalue weighted by Gasteiger charge is 2.24. The van der Waals surface area contributed by atoms with Gasteiger partial charge in [-0.15, -0.1) is 0 Å². The summed E-state index contributed by atoms with van der Waals surface area (Å²) < 4.78 is 15.0. The fraction of sp³-hybridized carbons (Fsp3) is 0.143. The van der Waals surface area contributed by atoms with Gasteiger partial charge in [-0.2, -0.15) is 0 Å². The van der Waals surface area contributed by atoms with Gasteiger partial charge in [-0.3, -0.25) is 0 Å². The van der Waals surface area contributed by atoms with Crippen LogP contribution in [0.1, 0.15) is 6.92 Å². The third-order valence-corrected chi connectivity index (χ3v) is 11.5. The van der Waals surface area contributed by atoms with Gasteiger partial charge in [-0.1, -0.05) is 46.4 Å². The van der Waals surface area contributed by atoms with Crippen LogP contribution in [0, 0.1) is 0 Å². The highest BCUT2D eigenvalue weighted by atomic mass is 79.9. The lowest BCUT2D eigenvalue weighted by atomic mass is 10.3. The number of benzene rings is 2. The van der Waals surface area contributed by atoms with Crippen molar-refractivity contribution in [1.29, 1.82) is 0 Å². The largest absolute Gasteiger partial charge is 0.452 e. The summed E-state index contributed by atoms with van der Waals surface area (Å²) in [5, 5.41) is 1.42. The molecule has 0 aromatic heterocycles. The van der Waals surface area contributed by atoms with Crippen molar-refractivity contribution in [3.63, 3.8) is 0 Å². The van der Waals surface area contributed by atoms with E-state index in [-0.39, 0.29) is 0 Å². The molecule has 0 spiro atoms. The predicted molar refractivity (Wildman–Crippen MR) is 130 cm³/mol. The standard InChI is InChI=1S/C14H4Br6Cl4O2/c1-2(25-13-5(17)3(15)9(21)7(19)11(13)23)26-14-6(18)4(16)10(22)8(20)12(14)24/h2H,1H3. The summed E-state index contributed by atoms with van der Waals surface area (Å²) in [5.74, 6) is 0.698. The second kappa shape index (κ2) is 9.92. The van der Waals surface area contributed by atoms with Gasteiger partial charge in [-0.25, -0.2) is 0 Å². The van der Waals surface area contributed by atoms with Gasteiger partial charge in [0.05, 0.1) is 46.9 Å². The summed E-state index contributed by atoms with van der Waals surface area (Å²) in [6.45, 7) is 1.69. The van der Waals surface area contributed by atoms with Crippen LogP contribution in [0.2, 0.25) is 20.1 Å². The minimum Gasteiger partial charge on any atom is -0.452 e. The van der Waals surface area contributed by atoms with E-state index in [0.29, 0.717) is 58.4 Å². The van der Waals surface area contributed by atoms with Crippen LogP contribution in [0.3, 0.4) is 0 Å². The molecule has 0 saturated carbocycles. The van der Waals surface area contributed by atoms with Gasteiger partial charge in [0.25, 0.3) is 0 Å². The van der Waals surface area contributed by atoms with E-state index in [0.717, 1.165) is 0 Å². The van der Waals surface area contributed by atoms with Crippen LogP contribution < -0.4 is 9.47 Å². The zero-order valence-corrected chi connectivity index (χ0v) is 24.7. The molecule has 0 heterocycles. The number of ether oxygens (including phenoxy) is 2. The zero-order chi connectivity index (χ0) is 19.9. The lowest BCUT2D eigenvalue weighted by Crippen LogP contribution is -2.21. The third kappa shape index (κ3) is 4.86. The van der Waals surface area contributed by atoms with E-state index in [1.807, 2.05) is 0 Å². The molecule has 2 rings (SSSR count). The summed E-state index contributed by atoms with van der Waals surface area (Å²) >= 11 is 45.2. The highest BCUT2D eigenvalue weighted by Crippen LogP contribution is 2.50. The Labute approximate surface area is 220 Å².